The van der Waals surface area contributed by atoms with E-state index < -0.39 is 18.2 Å². The molecule has 1 aromatic carbocycles. The first kappa shape index (κ1) is 13.3. The molecule has 1 aromatic heterocycles. The average Bonchev–Trinajstić information content (AvgIpc) is 2.44. The molecule has 0 saturated carbocycles. The first-order valence-electron chi connectivity index (χ1n) is 5.60. The van der Waals surface area contributed by atoms with Gasteiger partial charge >= 0.3 is 5.97 Å². The fourth-order valence-electron chi connectivity index (χ4n) is 1.81. The molecule has 6 heteroatoms. The maximum Gasteiger partial charge on any atom is 0.337 e. The highest BCUT2D eigenvalue weighted by Crippen LogP contribution is 2.20. The highest BCUT2D eigenvalue weighted by Gasteiger charge is 2.26. The molecule has 0 amide bonds. The van der Waals surface area contributed by atoms with E-state index in [9.17, 15) is 19.8 Å². The van der Waals surface area contributed by atoms with Crippen molar-refractivity contribution >= 4 is 16.9 Å². The lowest BCUT2D eigenvalue weighted by Gasteiger charge is -2.16. The molecular weight excluding hydrogens is 250 g/mol. The van der Waals surface area contributed by atoms with E-state index in [0.29, 0.717) is 16.5 Å². The number of benzene rings is 1. The van der Waals surface area contributed by atoms with E-state index >= 15 is 0 Å². The van der Waals surface area contributed by atoms with Gasteiger partial charge in [0.2, 0.25) is 0 Å². The fraction of sp³-hybridized carbons (Fsp3) is 0.231. The van der Waals surface area contributed by atoms with Crippen LogP contribution < -0.4 is 5.43 Å². The van der Waals surface area contributed by atoms with Crippen LogP contribution in [0.5, 0.6) is 0 Å². The molecule has 0 saturated heterocycles. The van der Waals surface area contributed by atoms with Gasteiger partial charge in [-0.1, -0.05) is 6.07 Å². The summed E-state index contributed by atoms with van der Waals surface area (Å²) in [5, 5.41) is 19.9. The van der Waals surface area contributed by atoms with Crippen LogP contribution in [0.25, 0.3) is 10.9 Å². The Morgan fingerprint density at radius 3 is 2.74 bits per heavy atom. The molecule has 0 bridgehead atoms. The summed E-state index contributed by atoms with van der Waals surface area (Å²) >= 11 is 0. The van der Waals surface area contributed by atoms with Crippen molar-refractivity contribution < 1.29 is 19.7 Å². The minimum Gasteiger partial charge on any atom is -0.467 e. The molecule has 2 aromatic rings. The Kier molecular flexibility index (Phi) is 3.64. The molecule has 0 aliphatic heterocycles. The van der Waals surface area contributed by atoms with Crippen molar-refractivity contribution in [3.05, 3.63) is 46.2 Å². The number of esters is 1. The number of ether oxygens (including phenoxy) is 1. The summed E-state index contributed by atoms with van der Waals surface area (Å²) < 4.78 is 4.35. The van der Waals surface area contributed by atoms with Crippen LogP contribution in [0.2, 0.25) is 0 Å². The summed E-state index contributed by atoms with van der Waals surface area (Å²) in [6.07, 6.45) is -1.60. The number of aromatic amines is 1. The lowest BCUT2D eigenvalue weighted by atomic mass is 10.0. The molecule has 19 heavy (non-hydrogen) atoms. The van der Waals surface area contributed by atoms with Crippen LogP contribution in [0.4, 0.5) is 0 Å². The molecule has 0 aliphatic carbocycles. The van der Waals surface area contributed by atoms with Gasteiger partial charge in [-0.2, -0.15) is 0 Å². The number of carbonyl (C=O) groups excluding carboxylic acids is 1. The number of rotatable bonds is 3. The molecule has 100 valence electrons. The van der Waals surface area contributed by atoms with E-state index in [1.165, 1.54) is 30.5 Å². The summed E-state index contributed by atoms with van der Waals surface area (Å²) in [6.45, 7) is 0. The molecule has 1 heterocycles. The van der Waals surface area contributed by atoms with Crippen molar-refractivity contribution in [1.82, 2.24) is 4.98 Å². The minimum absolute atomic E-state index is 0.150. The maximum atomic E-state index is 11.5. The van der Waals surface area contributed by atoms with E-state index in [2.05, 4.69) is 9.72 Å². The zero-order chi connectivity index (χ0) is 14.0. The molecule has 0 radical (unpaired) electrons. The average molecular weight is 263 g/mol. The number of aliphatic hydroxyl groups excluding tert-OH is 2. The predicted octanol–water partition coefficient (Wildman–Crippen LogP) is 0.0954. The van der Waals surface area contributed by atoms with Crippen molar-refractivity contribution in [3.63, 3.8) is 0 Å². The van der Waals surface area contributed by atoms with E-state index in [-0.39, 0.29) is 5.43 Å². The first-order valence-corrected chi connectivity index (χ1v) is 5.60. The molecule has 3 N–H and O–H groups in total. The van der Waals surface area contributed by atoms with Crippen LogP contribution in [0.15, 0.2) is 35.3 Å². The Hall–Kier alpha value is -2.18. The van der Waals surface area contributed by atoms with Crippen molar-refractivity contribution in [2.24, 2.45) is 0 Å². The molecule has 2 rings (SSSR count). The minimum atomic E-state index is -1.67. The van der Waals surface area contributed by atoms with E-state index in [0.717, 1.165) is 7.11 Å². The number of pyridine rings is 1. The van der Waals surface area contributed by atoms with Gasteiger partial charge in [0.1, 0.15) is 6.10 Å². The van der Waals surface area contributed by atoms with E-state index in [1.54, 1.807) is 0 Å². The van der Waals surface area contributed by atoms with Crippen molar-refractivity contribution in [1.29, 1.82) is 0 Å². The Bertz CT molecular complexity index is 663. The summed E-state index contributed by atoms with van der Waals surface area (Å²) in [5.41, 5.74) is 0.677. The van der Waals surface area contributed by atoms with Gasteiger partial charge in [0, 0.05) is 23.2 Å². The Labute approximate surface area is 108 Å². The third kappa shape index (κ3) is 2.49. The SMILES string of the molecule is COC(=O)C(O)C(O)c1ccc2c(=O)cc[nH]c2c1. The van der Waals surface area contributed by atoms with Crippen molar-refractivity contribution in [3.8, 4) is 0 Å². The summed E-state index contributed by atoms with van der Waals surface area (Å²) in [4.78, 5) is 25.6. The lowest BCUT2D eigenvalue weighted by molar-refractivity contribution is -0.156. The molecule has 6 nitrogen and oxygen atoms in total. The quantitative estimate of drug-likeness (QED) is 0.682. The second-order valence-electron chi connectivity index (χ2n) is 4.06. The highest BCUT2D eigenvalue weighted by atomic mass is 16.5. The Balaban J connectivity index is 2.41. The number of fused-ring (bicyclic) bond motifs is 1. The number of methoxy groups -OCH3 is 1. The number of aliphatic hydroxyl groups is 2. The standard InChI is InChI=1S/C13H13NO5/c1-19-13(18)12(17)11(16)7-2-3-8-9(6-7)14-5-4-10(8)15/h2-6,11-12,16-17H,1H3,(H,14,15). The molecular formula is C13H13NO5. The van der Waals surface area contributed by atoms with Gasteiger partial charge in [0.25, 0.3) is 0 Å². The van der Waals surface area contributed by atoms with Gasteiger partial charge in [0.05, 0.1) is 7.11 Å². The second kappa shape index (κ2) is 5.21. The normalized spacial score (nSPS) is 14.1. The lowest BCUT2D eigenvalue weighted by Crippen LogP contribution is -2.29. The van der Waals surface area contributed by atoms with Crippen molar-refractivity contribution in [2.45, 2.75) is 12.2 Å². The van der Waals surface area contributed by atoms with E-state index in [4.69, 9.17) is 0 Å². The second-order valence-corrected chi connectivity index (χ2v) is 4.06. The largest absolute Gasteiger partial charge is 0.467 e. The van der Waals surface area contributed by atoms with Crippen LogP contribution in [-0.2, 0) is 9.53 Å². The molecule has 0 fully saturated rings. The van der Waals surface area contributed by atoms with Crippen LogP contribution in [0.3, 0.4) is 0 Å². The highest BCUT2D eigenvalue weighted by molar-refractivity contribution is 5.80. The smallest absolute Gasteiger partial charge is 0.337 e. The third-order valence-electron chi connectivity index (χ3n) is 2.87. The number of carbonyl (C=O) groups is 1. The van der Waals surface area contributed by atoms with Crippen LogP contribution >= 0.6 is 0 Å². The maximum absolute atomic E-state index is 11.5. The molecule has 2 unspecified atom stereocenters. The first-order chi connectivity index (χ1) is 9.04. The van der Waals surface area contributed by atoms with Crippen LogP contribution in [0, 0.1) is 0 Å². The van der Waals surface area contributed by atoms with Gasteiger partial charge in [-0.15, -0.1) is 0 Å². The molecule has 0 aliphatic rings. The van der Waals surface area contributed by atoms with Gasteiger partial charge in [-0.25, -0.2) is 4.79 Å². The molecule has 0 spiro atoms. The zero-order valence-corrected chi connectivity index (χ0v) is 10.2. The molecule has 2 atom stereocenters. The summed E-state index contributed by atoms with van der Waals surface area (Å²) in [6, 6.07) is 5.90. The Morgan fingerprint density at radius 2 is 2.05 bits per heavy atom. The number of aromatic nitrogens is 1. The fourth-order valence-corrected chi connectivity index (χ4v) is 1.81. The summed E-state index contributed by atoms with van der Waals surface area (Å²) in [5.74, 6) is -0.922. The van der Waals surface area contributed by atoms with Gasteiger partial charge in [-0.05, 0) is 17.7 Å². The van der Waals surface area contributed by atoms with Crippen molar-refractivity contribution in [2.75, 3.05) is 7.11 Å². The number of hydrogen-bond acceptors (Lipinski definition) is 5. The number of hydrogen-bond donors (Lipinski definition) is 3. The van der Waals surface area contributed by atoms with E-state index in [1.807, 2.05) is 0 Å². The topological polar surface area (TPSA) is 99.6 Å². The number of nitrogens with one attached hydrogen (secondary N) is 1. The summed E-state index contributed by atoms with van der Waals surface area (Å²) in [7, 11) is 1.12. The Morgan fingerprint density at radius 1 is 1.32 bits per heavy atom. The van der Waals surface area contributed by atoms with Gasteiger partial charge in [0.15, 0.2) is 11.5 Å². The van der Waals surface area contributed by atoms with Crippen LogP contribution in [0.1, 0.15) is 11.7 Å². The monoisotopic (exact) mass is 263 g/mol. The van der Waals surface area contributed by atoms with Crippen LogP contribution in [-0.4, -0.2) is 34.4 Å². The van der Waals surface area contributed by atoms with Gasteiger partial charge < -0.3 is 19.9 Å². The third-order valence-corrected chi connectivity index (χ3v) is 2.87. The van der Waals surface area contributed by atoms with Gasteiger partial charge in [-0.3, -0.25) is 4.79 Å². The predicted molar refractivity (Wildman–Crippen MR) is 67.6 cm³/mol. The zero-order valence-electron chi connectivity index (χ0n) is 10.2. The number of H-pyrrole nitrogens is 1.